The molecule has 1 aliphatic heterocycles. The lowest BCUT2D eigenvalue weighted by atomic mass is 9.62. The number of alkyl halides is 2. The van der Waals surface area contributed by atoms with E-state index in [2.05, 4.69) is 10.4 Å². The standard InChI is InChI=1S/C13H19F2N3/c1-2-18-8-10(7-17-18)11-12(9-16-11)3-5-13(14,15)6-4-12/h7-8,11,16H,2-6,9H2,1H3/t11-/m0/s1. The van der Waals surface area contributed by atoms with Gasteiger partial charge in [-0.25, -0.2) is 8.78 Å². The van der Waals surface area contributed by atoms with E-state index in [9.17, 15) is 8.78 Å². The van der Waals surface area contributed by atoms with Crippen LogP contribution in [0.3, 0.4) is 0 Å². The Morgan fingerprint density at radius 2 is 2.11 bits per heavy atom. The monoisotopic (exact) mass is 255 g/mol. The van der Waals surface area contributed by atoms with Gasteiger partial charge in [0.15, 0.2) is 0 Å². The van der Waals surface area contributed by atoms with Crippen LogP contribution in [0, 0.1) is 5.41 Å². The normalized spacial score (nSPS) is 29.2. The molecule has 1 N–H and O–H groups in total. The van der Waals surface area contributed by atoms with E-state index in [0.717, 1.165) is 18.7 Å². The molecule has 3 rings (SSSR count). The maximum atomic E-state index is 13.3. The molecule has 3 nitrogen and oxygen atoms in total. The molecule has 1 aromatic rings. The van der Waals surface area contributed by atoms with Crippen LogP contribution in [0.2, 0.25) is 0 Å². The van der Waals surface area contributed by atoms with Crippen LogP contribution in [0.1, 0.15) is 44.2 Å². The van der Waals surface area contributed by atoms with Gasteiger partial charge in [-0.1, -0.05) is 0 Å². The van der Waals surface area contributed by atoms with Gasteiger partial charge in [0.1, 0.15) is 0 Å². The van der Waals surface area contributed by atoms with Crippen LogP contribution in [0.4, 0.5) is 8.78 Å². The summed E-state index contributed by atoms with van der Waals surface area (Å²) in [6, 6.07) is 0.217. The molecule has 1 aliphatic carbocycles. The van der Waals surface area contributed by atoms with Gasteiger partial charge in [-0.3, -0.25) is 4.68 Å². The van der Waals surface area contributed by atoms with Gasteiger partial charge < -0.3 is 5.32 Å². The smallest absolute Gasteiger partial charge is 0.248 e. The molecular weight excluding hydrogens is 236 g/mol. The van der Waals surface area contributed by atoms with Crippen LogP contribution in [0.15, 0.2) is 12.4 Å². The SMILES string of the molecule is CCn1cc([C@@H]2NCC23CCC(F)(F)CC3)cn1. The van der Waals surface area contributed by atoms with Crippen molar-refractivity contribution in [2.24, 2.45) is 5.41 Å². The molecule has 1 aromatic heterocycles. The van der Waals surface area contributed by atoms with Crippen molar-refractivity contribution in [1.29, 1.82) is 0 Å². The van der Waals surface area contributed by atoms with Crippen molar-refractivity contribution in [3.8, 4) is 0 Å². The van der Waals surface area contributed by atoms with Crippen LogP contribution in [0.25, 0.3) is 0 Å². The summed E-state index contributed by atoms with van der Waals surface area (Å²) in [5.41, 5.74) is 1.19. The van der Waals surface area contributed by atoms with Crippen LogP contribution < -0.4 is 5.32 Å². The zero-order valence-electron chi connectivity index (χ0n) is 10.6. The minimum Gasteiger partial charge on any atom is -0.309 e. The van der Waals surface area contributed by atoms with E-state index in [1.165, 1.54) is 0 Å². The third kappa shape index (κ3) is 1.85. The molecule has 100 valence electrons. The number of halogens is 2. The molecular formula is C13H19F2N3. The number of aryl methyl sites for hydroxylation is 1. The van der Waals surface area contributed by atoms with Crippen LogP contribution in [-0.4, -0.2) is 22.2 Å². The number of hydrogen-bond donors (Lipinski definition) is 1. The number of nitrogens with zero attached hydrogens (tertiary/aromatic N) is 2. The molecule has 0 amide bonds. The molecule has 1 atom stereocenters. The van der Waals surface area contributed by atoms with Gasteiger partial charge in [0, 0.05) is 49.1 Å². The van der Waals surface area contributed by atoms with Gasteiger partial charge in [-0.15, -0.1) is 0 Å². The minimum absolute atomic E-state index is 0.0348. The fraction of sp³-hybridized carbons (Fsp3) is 0.769. The van der Waals surface area contributed by atoms with Gasteiger partial charge in [-0.05, 0) is 19.8 Å². The summed E-state index contributed by atoms with van der Waals surface area (Å²) in [7, 11) is 0. The first-order valence-corrected chi connectivity index (χ1v) is 6.68. The largest absolute Gasteiger partial charge is 0.309 e. The van der Waals surface area contributed by atoms with Gasteiger partial charge in [0.25, 0.3) is 0 Å². The molecule has 2 fully saturated rings. The second-order valence-corrected chi connectivity index (χ2v) is 5.66. The molecule has 2 heterocycles. The first kappa shape index (κ1) is 12.1. The number of hydrogen-bond acceptors (Lipinski definition) is 2. The molecule has 0 bridgehead atoms. The topological polar surface area (TPSA) is 29.9 Å². The quantitative estimate of drug-likeness (QED) is 0.880. The van der Waals surface area contributed by atoms with Crippen molar-refractivity contribution in [3.63, 3.8) is 0 Å². The second kappa shape index (κ2) is 4.02. The first-order chi connectivity index (χ1) is 8.55. The van der Waals surface area contributed by atoms with Crippen molar-refractivity contribution in [3.05, 3.63) is 18.0 Å². The zero-order valence-corrected chi connectivity index (χ0v) is 10.6. The molecule has 0 radical (unpaired) electrons. The van der Waals surface area contributed by atoms with Gasteiger partial charge in [-0.2, -0.15) is 5.10 Å². The van der Waals surface area contributed by atoms with E-state index in [4.69, 9.17) is 0 Å². The van der Waals surface area contributed by atoms with E-state index in [1.807, 2.05) is 24.0 Å². The highest BCUT2D eigenvalue weighted by atomic mass is 19.3. The van der Waals surface area contributed by atoms with Crippen molar-refractivity contribution in [1.82, 2.24) is 15.1 Å². The Morgan fingerprint density at radius 1 is 1.39 bits per heavy atom. The predicted octanol–water partition coefficient (Wildman–Crippen LogP) is 2.74. The fourth-order valence-electron chi connectivity index (χ4n) is 3.24. The third-order valence-electron chi connectivity index (χ3n) is 4.56. The maximum Gasteiger partial charge on any atom is 0.248 e. The van der Waals surface area contributed by atoms with E-state index in [1.54, 1.807) is 0 Å². The zero-order chi connectivity index (χ0) is 12.8. The van der Waals surface area contributed by atoms with Crippen molar-refractivity contribution in [2.45, 2.75) is 51.1 Å². The Bertz CT molecular complexity index is 431. The first-order valence-electron chi connectivity index (χ1n) is 6.68. The Labute approximate surface area is 106 Å². The van der Waals surface area contributed by atoms with E-state index in [-0.39, 0.29) is 24.3 Å². The Morgan fingerprint density at radius 3 is 2.61 bits per heavy atom. The summed E-state index contributed by atoms with van der Waals surface area (Å²) in [6.07, 6.45) is 5.21. The second-order valence-electron chi connectivity index (χ2n) is 5.66. The van der Waals surface area contributed by atoms with Crippen molar-refractivity contribution in [2.75, 3.05) is 6.54 Å². The number of aromatic nitrogens is 2. The van der Waals surface area contributed by atoms with E-state index >= 15 is 0 Å². The highest BCUT2D eigenvalue weighted by molar-refractivity contribution is 5.21. The summed E-state index contributed by atoms with van der Waals surface area (Å²) in [5.74, 6) is -2.45. The predicted molar refractivity (Wildman–Crippen MR) is 64.5 cm³/mol. The summed E-state index contributed by atoms with van der Waals surface area (Å²) >= 11 is 0. The van der Waals surface area contributed by atoms with Gasteiger partial charge in [0.05, 0.1) is 6.20 Å². The third-order valence-corrected chi connectivity index (χ3v) is 4.56. The lowest BCUT2D eigenvalue weighted by Crippen LogP contribution is -2.58. The van der Waals surface area contributed by atoms with Crippen LogP contribution >= 0.6 is 0 Å². The Balaban J connectivity index is 1.75. The molecule has 0 unspecified atom stereocenters. The highest BCUT2D eigenvalue weighted by Gasteiger charge is 2.52. The van der Waals surface area contributed by atoms with Gasteiger partial charge in [0.2, 0.25) is 5.92 Å². The lowest BCUT2D eigenvalue weighted by molar-refractivity contribution is -0.0955. The fourth-order valence-corrected chi connectivity index (χ4v) is 3.24. The Hall–Kier alpha value is -0.970. The van der Waals surface area contributed by atoms with E-state index in [0.29, 0.717) is 12.8 Å². The van der Waals surface area contributed by atoms with E-state index < -0.39 is 5.92 Å². The summed E-state index contributed by atoms with van der Waals surface area (Å²) in [4.78, 5) is 0. The molecule has 1 saturated carbocycles. The average molecular weight is 255 g/mol. The Kier molecular flexibility index (Phi) is 2.70. The number of rotatable bonds is 2. The summed E-state index contributed by atoms with van der Waals surface area (Å²) < 4.78 is 28.4. The summed E-state index contributed by atoms with van der Waals surface area (Å²) in [5, 5.41) is 7.66. The molecule has 5 heteroatoms. The lowest BCUT2D eigenvalue weighted by Gasteiger charge is -2.53. The average Bonchev–Trinajstić information content (AvgIpc) is 2.76. The van der Waals surface area contributed by atoms with Crippen LogP contribution in [0.5, 0.6) is 0 Å². The van der Waals surface area contributed by atoms with Crippen LogP contribution in [-0.2, 0) is 6.54 Å². The molecule has 0 aromatic carbocycles. The maximum absolute atomic E-state index is 13.3. The molecule has 2 aliphatic rings. The van der Waals surface area contributed by atoms with Gasteiger partial charge >= 0.3 is 0 Å². The number of nitrogens with one attached hydrogen (secondary N) is 1. The minimum atomic E-state index is -2.45. The van der Waals surface area contributed by atoms with Crippen molar-refractivity contribution < 1.29 is 8.78 Å². The highest BCUT2D eigenvalue weighted by Crippen LogP contribution is 2.54. The molecule has 1 saturated heterocycles. The van der Waals surface area contributed by atoms with Crippen molar-refractivity contribution >= 4 is 0 Å². The molecule has 1 spiro atoms. The summed E-state index contributed by atoms with van der Waals surface area (Å²) in [6.45, 7) is 3.75. The molecule has 18 heavy (non-hydrogen) atoms.